The molecule has 134 valence electrons. The topological polar surface area (TPSA) is 75.9 Å². The zero-order valence-electron chi connectivity index (χ0n) is 14.3. The highest BCUT2D eigenvalue weighted by molar-refractivity contribution is 7.07. The molecule has 0 radical (unpaired) electrons. The Morgan fingerprint density at radius 2 is 2.15 bits per heavy atom. The molecule has 4 rings (SSSR count). The minimum absolute atomic E-state index is 0.114. The third-order valence-corrected chi connectivity index (χ3v) is 5.12. The van der Waals surface area contributed by atoms with Gasteiger partial charge in [0.15, 0.2) is 0 Å². The number of fused-ring (bicyclic) bond motifs is 1. The van der Waals surface area contributed by atoms with Gasteiger partial charge in [0.2, 0.25) is 0 Å². The third kappa shape index (κ3) is 3.81. The summed E-state index contributed by atoms with van der Waals surface area (Å²) in [6, 6.07) is 6.41. The minimum Gasteiger partial charge on any atom is -0.351 e. The molecule has 7 nitrogen and oxygen atoms in total. The molecule has 1 atom stereocenters. The molecule has 1 aliphatic rings. The molecule has 0 fully saturated rings. The van der Waals surface area contributed by atoms with Gasteiger partial charge in [-0.25, -0.2) is 4.98 Å². The van der Waals surface area contributed by atoms with E-state index >= 15 is 0 Å². The number of aromatic nitrogens is 4. The van der Waals surface area contributed by atoms with E-state index in [1.54, 1.807) is 10.9 Å². The summed E-state index contributed by atoms with van der Waals surface area (Å²) in [6.45, 7) is 3.27. The quantitative estimate of drug-likeness (QED) is 0.721. The van der Waals surface area contributed by atoms with Crippen molar-refractivity contribution in [3.63, 3.8) is 0 Å². The van der Waals surface area contributed by atoms with Crippen molar-refractivity contribution in [1.29, 1.82) is 0 Å². The van der Waals surface area contributed by atoms with Crippen LogP contribution in [-0.2, 0) is 13.1 Å². The van der Waals surface area contributed by atoms with Crippen LogP contribution in [0.1, 0.15) is 34.2 Å². The van der Waals surface area contributed by atoms with Crippen LogP contribution in [0.25, 0.3) is 0 Å². The van der Waals surface area contributed by atoms with E-state index in [1.165, 1.54) is 22.6 Å². The third-order valence-electron chi connectivity index (χ3n) is 4.54. The van der Waals surface area contributed by atoms with Gasteiger partial charge in [0.25, 0.3) is 5.91 Å². The number of thiazole rings is 1. The Hall–Kier alpha value is -2.58. The van der Waals surface area contributed by atoms with E-state index in [1.807, 2.05) is 18.6 Å². The fraction of sp³-hybridized carbons (Fsp3) is 0.333. The number of amides is 1. The first-order valence-corrected chi connectivity index (χ1v) is 9.54. The van der Waals surface area contributed by atoms with E-state index < -0.39 is 0 Å². The van der Waals surface area contributed by atoms with Gasteiger partial charge in [0, 0.05) is 50.1 Å². The second-order valence-electron chi connectivity index (χ2n) is 6.36. The van der Waals surface area contributed by atoms with Crippen LogP contribution in [-0.4, -0.2) is 43.6 Å². The van der Waals surface area contributed by atoms with E-state index in [0.717, 1.165) is 26.1 Å². The number of nitrogens with one attached hydrogen (secondary N) is 1. The zero-order valence-corrected chi connectivity index (χ0v) is 15.1. The van der Waals surface area contributed by atoms with Crippen molar-refractivity contribution in [3.8, 4) is 0 Å². The summed E-state index contributed by atoms with van der Waals surface area (Å²) in [7, 11) is 0. The number of hydrogen-bond acceptors (Lipinski definition) is 6. The van der Waals surface area contributed by atoms with Crippen molar-refractivity contribution >= 4 is 17.2 Å². The van der Waals surface area contributed by atoms with Gasteiger partial charge in [0.1, 0.15) is 5.69 Å². The van der Waals surface area contributed by atoms with Gasteiger partial charge in [-0.1, -0.05) is 0 Å². The summed E-state index contributed by atoms with van der Waals surface area (Å²) in [4.78, 5) is 22.6. The van der Waals surface area contributed by atoms with Crippen LogP contribution in [0.15, 0.2) is 47.7 Å². The highest BCUT2D eigenvalue weighted by Gasteiger charge is 2.25. The van der Waals surface area contributed by atoms with Crippen LogP contribution in [0.2, 0.25) is 0 Å². The highest BCUT2D eigenvalue weighted by atomic mass is 32.1. The molecule has 0 aliphatic carbocycles. The Morgan fingerprint density at radius 1 is 1.27 bits per heavy atom. The Morgan fingerprint density at radius 3 is 2.96 bits per heavy atom. The van der Waals surface area contributed by atoms with E-state index in [0.29, 0.717) is 12.2 Å². The predicted octanol–water partition coefficient (Wildman–Crippen LogP) is 2.11. The van der Waals surface area contributed by atoms with Crippen LogP contribution in [0.4, 0.5) is 0 Å². The fourth-order valence-electron chi connectivity index (χ4n) is 3.31. The number of carbonyl (C=O) groups is 1. The monoisotopic (exact) mass is 368 g/mol. The maximum Gasteiger partial charge on any atom is 0.270 e. The number of pyridine rings is 1. The van der Waals surface area contributed by atoms with Crippen molar-refractivity contribution in [3.05, 3.63) is 64.6 Å². The summed E-state index contributed by atoms with van der Waals surface area (Å²) in [5.41, 5.74) is 4.62. The van der Waals surface area contributed by atoms with Crippen molar-refractivity contribution in [2.24, 2.45) is 0 Å². The molecule has 3 aromatic rings. The van der Waals surface area contributed by atoms with Crippen LogP contribution < -0.4 is 5.32 Å². The standard InChI is InChI=1S/C18H20N6OS/c25-18(17-12-26-13-21-17)20-7-3-15-10-23(9-14-1-5-19-6-2-14)11-16-4-8-22-24(15)16/h1-2,4-6,8,12-13,15H,3,7,9-11H2,(H,20,25)/t15-/m1/s1. The Bertz CT molecular complexity index is 848. The van der Waals surface area contributed by atoms with Crippen molar-refractivity contribution in [1.82, 2.24) is 30.0 Å². The smallest absolute Gasteiger partial charge is 0.270 e. The van der Waals surface area contributed by atoms with E-state index in [4.69, 9.17) is 0 Å². The lowest BCUT2D eigenvalue weighted by atomic mass is 10.1. The molecule has 0 spiro atoms. The molecule has 4 heterocycles. The molecule has 1 N–H and O–H groups in total. The van der Waals surface area contributed by atoms with Gasteiger partial charge in [-0.05, 0) is 30.2 Å². The predicted molar refractivity (Wildman–Crippen MR) is 98.7 cm³/mol. The van der Waals surface area contributed by atoms with E-state index in [2.05, 4.69) is 48.2 Å². The molecule has 0 bridgehead atoms. The maximum atomic E-state index is 12.0. The molecule has 26 heavy (non-hydrogen) atoms. The minimum atomic E-state index is -0.114. The van der Waals surface area contributed by atoms with Crippen molar-refractivity contribution < 1.29 is 4.79 Å². The largest absolute Gasteiger partial charge is 0.351 e. The fourth-order valence-corrected chi connectivity index (χ4v) is 3.84. The molecule has 0 saturated carbocycles. The molecule has 0 saturated heterocycles. The summed E-state index contributed by atoms with van der Waals surface area (Å²) < 4.78 is 2.10. The number of nitrogens with zero attached hydrogens (tertiary/aromatic N) is 5. The lowest BCUT2D eigenvalue weighted by molar-refractivity contribution is 0.0942. The first-order valence-electron chi connectivity index (χ1n) is 8.59. The van der Waals surface area contributed by atoms with Crippen LogP contribution >= 0.6 is 11.3 Å². The second kappa shape index (κ2) is 7.76. The van der Waals surface area contributed by atoms with Crippen LogP contribution in [0.5, 0.6) is 0 Å². The lowest BCUT2D eigenvalue weighted by Gasteiger charge is -2.34. The average molecular weight is 368 g/mol. The van der Waals surface area contributed by atoms with Gasteiger partial charge < -0.3 is 5.32 Å². The zero-order chi connectivity index (χ0) is 17.8. The molecule has 3 aromatic heterocycles. The van der Waals surface area contributed by atoms with Crippen molar-refractivity contribution in [2.45, 2.75) is 25.6 Å². The Labute approximate surface area is 155 Å². The molecular weight excluding hydrogens is 348 g/mol. The Balaban J connectivity index is 1.38. The average Bonchev–Trinajstić information content (AvgIpc) is 3.34. The summed E-state index contributed by atoms with van der Waals surface area (Å²) >= 11 is 1.43. The summed E-state index contributed by atoms with van der Waals surface area (Å²) in [5.74, 6) is -0.114. The molecule has 1 amide bonds. The van der Waals surface area contributed by atoms with E-state index in [9.17, 15) is 4.79 Å². The maximum absolute atomic E-state index is 12.0. The number of hydrogen-bond donors (Lipinski definition) is 1. The first kappa shape index (κ1) is 16.9. The molecule has 0 aromatic carbocycles. The molecule has 8 heteroatoms. The van der Waals surface area contributed by atoms with Crippen LogP contribution in [0.3, 0.4) is 0 Å². The van der Waals surface area contributed by atoms with Gasteiger partial charge in [-0.2, -0.15) is 5.10 Å². The van der Waals surface area contributed by atoms with E-state index in [-0.39, 0.29) is 11.9 Å². The van der Waals surface area contributed by atoms with Gasteiger partial charge in [-0.15, -0.1) is 11.3 Å². The SMILES string of the molecule is O=C(NCC[C@@H]1CN(Cc2ccncc2)Cc2ccnn21)c1cscn1. The first-order chi connectivity index (χ1) is 12.8. The number of carbonyl (C=O) groups excluding carboxylic acids is 1. The van der Waals surface area contributed by atoms with Gasteiger partial charge >= 0.3 is 0 Å². The summed E-state index contributed by atoms with van der Waals surface area (Å²) in [6.07, 6.45) is 6.34. The normalized spacial score (nSPS) is 17.0. The molecular formula is C18H20N6OS. The molecule has 0 unspecified atom stereocenters. The second-order valence-corrected chi connectivity index (χ2v) is 7.08. The van der Waals surface area contributed by atoms with Crippen LogP contribution in [0, 0.1) is 0 Å². The highest BCUT2D eigenvalue weighted by Crippen LogP contribution is 2.24. The van der Waals surface area contributed by atoms with Crippen molar-refractivity contribution in [2.75, 3.05) is 13.1 Å². The van der Waals surface area contributed by atoms with Gasteiger partial charge in [-0.3, -0.25) is 19.4 Å². The lowest BCUT2D eigenvalue weighted by Crippen LogP contribution is -2.39. The Kier molecular flexibility index (Phi) is 5.03. The number of rotatable bonds is 6. The summed E-state index contributed by atoms with van der Waals surface area (Å²) in [5, 5.41) is 9.20. The molecule has 1 aliphatic heterocycles. The van der Waals surface area contributed by atoms with Gasteiger partial charge in [0.05, 0.1) is 17.2 Å².